The fourth-order valence-corrected chi connectivity index (χ4v) is 2.94. The first-order chi connectivity index (χ1) is 10.0. The summed E-state index contributed by atoms with van der Waals surface area (Å²) >= 11 is 2.56. The molecule has 1 rings (SSSR count). The summed E-state index contributed by atoms with van der Waals surface area (Å²) in [6.07, 6.45) is 0.121. The Kier molecular flexibility index (Phi) is 7.76. The molecule has 0 unspecified atom stereocenters. The molecular weight excluding hydrogens is 314 g/mol. The number of carbonyl (C=O) groups excluding carboxylic acids is 3. The molecular formula is C12H17N3O4S2. The number of imide groups is 1. The Morgan fingerprint density at radius 1 is 1.38 bits per heavy atom. The fourth-order valence-electron chi connectivity index (χ4n) is 1.29. The van der Waals surface area contributed by atoms with Gasteiger partial charge in [-0.2, -0.15) is 0 Å². The lowest BCUT2D eigenvalue weighted by Crippen LogP contribution is -2.40. The van der Waals surface area contributed by atoms with Crippen molar-refractivity contribution in [3.63, 3.8) is 0 Å². The maximum Gasteiger partial charge on any atom is 0.321 e. The van der Waals surface area contributed by atoms with E-state index in [-0.39, 0.29) is 18.1 Å². The highest BCUT2D eigenvalue weighted by atomic mass is 32.2. The third-order valence-electron chi connectivity index (χ3n) is 2.08. The minimum absolute atomic E-state index is 0.0868. The first-order valence-electron chi connectivity index (χ1n) is 6.35. The number of ether oxygens (including phenoxy) is 1. The fraction of sp³-hybridized carbons (Fsp3) is 0.500. The summed E-state index contributed by atoms with van der Waals surface area (Å²) < 4.78 is 5.50. The van der Waals surface area contributed by atoms with Crippen molar-refractivity contribution in [2.45, 2.75) is 24.6 Å². The molecule has 0 aliphatic rings. The van der Waals surface area contributed by atoms with Gasteiger partial charge in [0.15, 0.2) is 4.34 Å². The van der Waals surface area contributed by atoms with Crippen LogP contribution < -0.4 is 10.6 Å². The van der Waals surface area contributed by atoms with E-state index in [1.165, 1.54) is 23.1 Å². The first kappa shape index (κ1) is 17.4. The molecule has 0 bridgehead atoms. The second-order valence-corrected chi connectivity index (χ2v) is 5.86. The zero-order valence-electron chi connectivity index (χ0n) is 11.8. The number of hydrogen-bond donors (Lipinski definition) is 2. The molecule has 0 saturated heterocycles. The lowest BCUT2D eigenvalue weighted by atomic mass is 10.3. The lowest BCUT2D eigenvalue weighted by molar-refractivity contribution is -0.142. The highest BCUT2D eigenvalue weighted by Crippen LogP contribution is 2.22. The van der Waals surface area contributed by atoms with Crippen molar-refractivity contribution in [1.82, 2.24) is 15.6 Å². The molecule has 0 spiro atoms. The SMILES string of the molecule is CCNC(=O)NC(=O)CSc1nc(CC(=O)OCC)cs1. The number of carbonyl (C=O) groups is 3. The molecule has 116 valence electrons. The summed E-state index contributed by atoms with van der Waals surface area (Å²) in [5.41, 5.74) is 0.616. The summed E-state index contributed by atoms with van der Waals surface area (Å²) in [6.45, 7) is 4.30. The largest absolute Gasteiger partial charge is 0.466 e. The van der Waals surface area contributed by atoms with Crippen LogP contribution in [0.5, 0.6) is 0 Å². The zero-order chi connectivity index (χ0) is 15.7. The van der Waals surface area contributed by atoms with Crippen LogP contribution in [0.2, 0.25) is 0 Å². The van der Waals surface area contributed by atoms with Crippen LogP contribution in [0.1, 0.15) is 19.5 Å². The Labute approximate surface area is 130 Å². The topological polar surface area (TPSA) is 97.4 Å². The first-order valence-corrected chi connectivity index (χ1v) is 8.22. The van der Waals surface area contributed by atoms with Crippen LogP contribution in [0.15, 0.2) is 9.72 Å². The van der Waals surface area contributed by atoms with E-state index < -0.39 is 11.9 Å². The van der Waals surface area contributed by atoms with Gasteiger partial charge in [-0.1, -0.05) is 11.8 Å². The second-order valence-electron chi connectivity index (χ2n) is 3.78. The van der Waals surface area contributed by atoms with Crippen molar-refractivity contribution in [1.29, 1.82) is 0 Å². The van der Waals surface area contributed by atoms with Crippen LogP contribution in [-0.4, -0.2) is 41.8 Å². The van der Waals surface area contributed by atoms with E-state index in [2.05, 4.69) is 15.6 Å². The van der Waals surface area contributed by atoms with Crippen LogP contribution in [-0.2, 0) is 20.7 Å². The van der Waals surface area contributed by atoms with Gasteiger partial charge in [-0.3, -0.25) is 14.9 Å². The van der Waals surface area contributed by atoms with Gasteiger partial charge in [0, 0.05) is 11.9 Å². The van der Waals surface area contributed by atoms with E-state index in [0.29, 0.717) is 23.2 Å². The Balaban J connectivity index is 2.36. The van der Waals surface area contributed by atoms with E-state index in [1.54, 1.807) is 19.2 Å². The third kappa shape index (κ3) is 7.09. The van der Waals surface area contributed by atoms with Crippen molar-refractivity contribution in [2.75, 3.05) is 18.9 Å². The van der Waals surface area contributed by atoms with Crippen LogP contribution in [0.4, 0.5) is 4.79 Å². The molecule has 3 amide bonds. The highest BCUT2D eigenvalue weighted by molar-refractivity contribution is 8.01. The number of thiazole rings is 1. The minimum Gasteiger partial charge on any atom is -0.466 e. The van der Waals surface area contributed by atoms with Gasteiger partial charge >= 0.3 is 12.0 Å². The van der Waals surface area contributed by atoms with Gasteiger partial charge in [-0.05, 0) is 13.8 Å². The minimum atomic E-state index is -0.509. The van der Waals surface area contributed by atoms with Crippen molar-refractivity contribution in [3.05, 3.63) is 11.1 Å². The average molecular weight is 331 g/mol. The Hall–Kier alpha value is -1.61. The Morgan fingerprint density at radius 3 is 2.81 bits per heavy atom. The number of urea groups is 1. The predicted octanol–water partition coefficient (Wildman–Crippen LogP) is 1.19. The molecule has 0 radical (unpaired) electrons. The average Bonchev–Trinajstić information content (AvgIpc) is 2.84. The van der Waals surface area contributed by atoms with E-state index in [1.807, 2.05) is 0 Å². The monoisotopic (exact) mass is 331 g/mol. The molecule has 1 aromatic heterocycles. The van der Waals surface area contributed by atoms with Crippen LogP contribution in [0.25, 0.3) is 0 Å². The zero-order valence-corrected chi connectivity index (χ0v) is 13.4. The van der Waals surface area contributed by atoms with E-state index in [0.717, 1.165) is 0 Å². The third-order valence-corrected chi connectivity index (χ3v) is 4.15. The van der Waals surface area contributed by atoms with Crippen molar-refractivity contribution in [2.24, 2.45) is 0 Å². The molecule has 9 heteroatoms. The lowest BCUT2D eigenvalue weighted by Gasteiger charge is -2.03. The Bertz CT molecular complexity index is 504. The quantitative estimate of drug-likeness (QED) is 0.575. The number of thioether (sulfide) groups is 1. The van der Waals surface area contributed by atoms with Crippen molar-refractivity contribution < 1.29 is 19.1 Å². The number of aromatic nitrogens is 1. The molecule has 1 aromatic rings. The van der Waals surface area contributed by atoms with Gasteiger partial charge < -0.3 is 10.1 Å². The maximum absolute atomic E-state index is 11.5. The van der Waals surface area contributed by atoms with Gasteiger partial charge in [-0.25, -0.2) is 9.78 Å². The smallest absolute Gasteiger partial charge is 0.321 e. The summed E-state index contributed by atoms with van der Waals surface area (Å²) in [7, 11) is 0. The Morgan fingerprint density at radius 2 is 2.14 bits per heavy atom. The second kappa shape index (κ2) is 9.35. The number of nitrogens with one attached hydrogen (secondary N) is 2. The van der Waals surface area contributed by atoms with Gasteiger partial charge in [0.2, 0.25) is 5.91 Å². The van der Waals surface area contributed by atoms with Crippen molar-refractivity contribution in [3.8, 4) is 0 Å². The van der Waals surface area contributed by atoms with Crippen LogP contribution >= 0.6 is 23.1 Å². The van der Waals surface area contributed by atoms with Gasteiger partial charge in [0.1, 0.15) is 0 Å². The molecule has 0 aliphatic heterocycles. The van der Waals surface area contributed by atoms with Crippen molar-refractivity contribution >= 4 is 41.0 Å². The number of hydrogen-bond acceptors (Lipinski definition) is 7. The van der Waals surface area contributed by atoms with E-state index in [9.17, 15) is 14.4 Å². The van der Waals surface area contributed by atoms with E-state index in [4.69, 9.17) is 4.74 Å². The molecule has 0 aromatic carbocycles. The highest BCUT2D eigenvalue weighted by Gasteiger charge is 2.11. The van der Waals surface area contributed by atoms with Crippen LogP contribution in [0, 0.1) is 0 Å². The molecule has 0 aliphatic carbocycles. The number of amides is 3. The number of rotatable bonds is 7. The molecule has 1 heterocycles. The number of nitrogens with zero attached hydrogens (tertiary/aromatic N) is 1. The summed E-state index contributed by atoms with van der Waals surface area (Å²) in [5.74, 6) is -0.634. The summed E-state index contributed by atoms with van der Waals surface area (Å²) in [4.78, 5) is 38.1. The number of esters is 1. The van der Waals surface area contributed by atoms with E-state index >= 15 is 0 Å². The molecule has 0 atom stereocenters. The van der Waals surface area contributed by atoms with Gasteiger partial charge in [-0.15, -0.1) is 11.3 Å². The normalized spacial score (nSPS) is 10.0. The van der Waals surface area contributed by atoms with Crippen LogP contribution in [0.3, 0.4) is 0 Å². The molecule has 21 heavy (non-hydrogen) atoms. The molecule has 7 nitrogen and oxygen atoms in total. The van der Waals surface area contributed by atoms with Gasteiger partial charge in [0.25, 0.3) is 0 Å². The standard InChI is InChI=1S/C12H17N3O4S2/c1-3-13-11(18)15-9(16)7-21-12-14-8(6-20-12)5-10(17)19-4-2/h6H,3-5,7H2,1-2H3,(H2,13,15,16,18). The predicted molar refractivity (Wildman–Crippen MR) is 80.4 cm³/mol. The molecule has 2 N–H and O–H groups in total. The molecule has 0 fully saturated rings. The summed E-state index contributed by atoms with van der Waals surface area (Å²) in [6, 6.07) is -0.509. The van der Waals surface area contributed by atoms with Gasteiger partial charge in [0.05, 0.1) is 24.5 Å². The summed E-state index contributed by atoms with van der Waals surface area (Å²) in [5, 5.41) is 6.42. The maximum atomic E-state index is 11.5. The molecule has 0 saturated carbocycles.